The van der Waals surface area contributed by atoms with E-state index < -0.39 is 11.7 Å². The summed E-state index contributed by atoms with van der Waals surface area (Å²) in [6, 6.07) is 11.8. The Kier molecular flexibility index (Phi) is 7.91. The fourth-order valence-corrected chi connectivity index (χ4v) is 5.20. The predicted octanol–water partition coefficient (Wildman–Crippen LogP) is 4.08. The van der Waals surface area contributed by atoms with Gasteiger partial charge in [0.05, 0.1) is 24.8 Å². The molecule has 4 rings (SSSR count). The maximum absolute atomic E-state index is 14.7. The number of hydrogen-bond donors (Lipinski definition) is 0. The van der Waals surface area contributed by atoms with Crippen molar-refractivity contribution in [3.05, 3.63) is 59.4 Å². The second-order valence-corrected chi connectivity index (χ2v) is 9.50. The van der Waals surface area contributed by atoms with Crippen LogP contribution in [0.5, 0.6) is 5.75 Å². The van der Waals surface area contributed by atoms with Gasteiger partial charge in [0.15, 0.2) is 5.78 Å². The van der Waals surface area contributed by atoms with Crippen LogP contribution < -0.4 is 9.64 Å². The number of halogens is 1. The van der Waals surface area contributed by atoms with Crippen LogP contribution in [0.3, 0.4) is 0 Å². The summed E-state index contributed by atoms with van der Waals surface area (Å²) in [7, 11) is 1.61. The molecule has 36 heavy (non-hydrogen) atoms. The summed E-state index contributed by atoms with van der Waals surface area (Å²) < 4.78 is 19.9. The average molecular weight is 496 g/mol. The Morgan fingerprint density at radius 1 is 1.06 bits per heavy atom. The number of nitrogens with zero attached hydrogens (tertiary/aromatic N) is 3. The van der Waals surface area contributed by atoms with E-state index in [4.69, 9.17) is 4.74 Å². The maximum atomic E-state index is 14.7. The fourth-order valence-electron chi connectivity index (χ4n) is 5.20. The van der Waals surface area contributed by atoms with Crippen LogP contribution in [0.2, 0.25) is 0 Å². The van der Waals surface area contributed by atoms with E-state index in [1.54, 1.807) is 24.1 Å². The third-order valence-corrected chi connectivity index (χ3v) is 7.25. The number of Topliss-reactive ketones (excluding diaryl/α,β-unsaturated/α-hetero) is 1. The minimum atomic E-state index is -0.458. The van der Waals surface area contributed by atoms with Gasteiger partial charge in [-0.2, -0.15) is 0 Å². The highest BCUT2D eigenvalue weighted by Crippen LogP contribution is 2.40. The topological polar surface area (TPSA) is 70.2 Å². The highest BCUT2D eigenvalue weighted by atomic mass is 19.1. The maximum Gasteiger partial charge on any atom is 0.228 e. The van der Waals surface area contributed by atoms with Crippen molar-refractivity contribution in [2.45, 2.75) is 39.2 Å². The normalized spacial score (nSPS) is 20.1. The zero-order chi connectivity index (χ0) is 25.8. The van der Waals surface area contributed by atoms with Gasteiger partial charge in [0.25, 0.3) is 0 Å². The van der Waals surface area contributed by atoms with Gasteiger partial charge in [0.2, 0.25) is 11.8 Å². The number of hydrogen-bond acceptors (Lipinski definition) is 5. The summed E-state index contributed by atoms with van der Waals surface area (Å²) in [5.74, 6) is -0.368. The number of carbonyl (C=O) groups excluding carboxylic acids is 3. The lowest BCUT2D eigenvalue weighted by atomic mass is 9.91. The van der Waals surface area contributed by atoms with Crippen molar-refractivity contribution in [3.8, 4) is 5.75 Å². The van der Waals surface area contributed by atoms with Crippen molar-refractivity contribution in [2.75, 3.05) is 44.7 Å². The molecule has 2 amide bonds. The van der Waals surface area contributed by atoms with E-state index in [9.17, 15) is 18.8 Å². The number of likely N-dealkylation sites (tertiary alicyclic amines) is 1. The number of amides is 2. The Balaban J connectivity index is 1.49. The summed E-state index contributed by atoms with van der Waals surface area (Å²) in [5, 5.41) is 0. The van der Waals surface area contributed by atoms with E-state index in [2.05, 4.69) is 6.92 Å². The van der Waals surface area contributed by atoms with Gasteiger partial charge in [-0.3, -0.25) is 14.4 Å². The molecule has 2 unspecified atom stereocenters. The summed E-state index contributed by atoms with van der Waals surface area (Å²) >= 11 is 0. The SMILES string of the molecule is CCCCN1C(=O)CC(C(=O)N2CCN(c3ccc(C(C)=O)cc3F)CC2)C1c1ccc(OC)cc1. The fraction of sp³-hybridized carbons (Fsp3) is 0.464. The molecule has 2 atom stereocenters. The lowest BCUT2D eigenvalue weighted by Gasteiger charge is -2.38. The van der Waals surface area contributed by atoms with Crippen LogP contribution in [-0.4, -0.2) is 67.2 Å². The van der Waals surface area contributed by atoms with Crippen LogP contribution in [0.4, 0.5) is 10.1 Å². The van der Waals surface area contributed by atoms with Crippen molar-refractivity contribution >= 4 is 23.3 Å². The number of rotatable bonds is 8. The number of unbranched alkanes of at least 4 members (excludes halogenated alkanes) is 1. The van der Waals surface area contributed by atoms with Crippen LogP contribution in [-0.2, 0) is 9.59 Å². The number of ether oxygens (including phenoxy) is 1. The number of anilines is 1. The molecule has 2 saturated heterocycles. The van der Waals surface area contributed by atoms with Gasteiger partial charge in [-0.15, -0.1) is 0 Å². The lowest BCUT2D eigenvalue weighted by molar-refractivity contribution is -0.136. The molecule has 8 heteroatoms. The Morgan fingerprint density at radius 3 is 2.33 bits per heavy atom. The molecular weight excluding hydrogens is 461 g/mol. The molecule has 0 spiro atoms. The molecule has 0 radical (unpaired) electrons. The second kappa shape index (κ2) is 11.1. The van der Waals surface area contributed by atoms with E-state index in [1.807, 2.05) is 34.1 Å². The van der Waals surface area contributed by atoms with Gasteiger partial charge in [-0.1, -0.05) is 25.5 Å². The van der Waals surface area contributed by atoms with Gasteiger partial charge in [0.1, 0.15) is 11.6 Å². The Morgan fingerprint density at radius 2 is 1.75 bits per heavy atom. The molecule has 192 valence electrons. The summed E-state index contributed by atoms with van der Waals surface area (Å²) in [6.07, 6.45) is 2.04. The quantitative estimate of drug-likeness (QED) is 0.517. The number of piperazine rings is 1. The van der Waals surface area contributed by atoms with Gasteiger partial charge >= 0.3 is 0 Å². The minimum Gasteiger partial charge on any atom is -0.497 e. The highest BCUT2D eigenvalue weighted by molar-refractivity contribution is 5.94. The van der Waals surface area contributed by atoms with Gasteiger partial charge < -0.3 is 19.4 Å². The molecule has 2 aliphatic rings. The molecule has 2 fully saturated rings. The molecule has 2 aliphatic heterocycles. The monoisotopic (exact) mass is 495 g/mol. The number of methoxy groups -OCH3 is 1. The van der Waals surface area contributed by atoms with Gasteiger partial charge in [0, 0.05) is 44.7 Å². The molecule has 2 aromatic carbocycles. The van der Waals surface area contributed by atoms with Crippen molar-refractivity contribution < 1.29 is 23.5 Å². The Labute approximate surface area is 211 Å². The molecule has 0 aliphatic carbocycles. The number of benzene rings is 2. The molecule has 7 nitrogen and oxygen atoms in total. The Bertz CT molecular complexity index is 1110. The largest absolute Gasteiger partial charge is 0.497 e. The number of carbonyl (C=O) groups is 3. The van der Waals surface area contributed by atoms with E-state index in [0.717, 1.165) is 24.2 Å². The molecule has 2 heterocycles. The van der Waals surface area contributed by atoms with Crippen molar-refractivity contribution in [2.24, 2.45) is 5.92 Å². The van der Waals surface area contributed by atoms with E-state index >= 15 is 0 Å². The van der Waals surface area contributed by atoms with Crippen molar-refractivity contribution in [1.82, 2.24) is 9.80 Å². The first kappa shape index (κ1) is 25.7. The first-order valence-electron chi connectivity index (χ1n) is 12.6. The van der Waals surface area contributed by atoms with Gasteiger partial charge in [-0.25, -0.2) is 4.39 Å². The van der Waals surface area contributed by atoms with Crippen LogP contribution in [0.15, 0.2) is 42.5 Å². The van der Waals surface area contributed by atoms with Crippen molar-refractivity contribution in [1.29, 1.82) is 0 Å². The minimum absolute atomic E-state index is 0.00823. The summed E-state index contributed by atoms with van der Waals surface area (Å²) in [5.41, 5.74) is 1.71. The smallest absolute Gasteiger partial charge is 0.228 e. The zero-order valence-corrected chi connectivity index (χ0v) is 21.2. The number of ketones is 1. The summed E-state index contributed by atoms with van der Waals surface area (Å²) in [6.45, 7) is 5.98. The van der Waals surface area contributed by atoms with Crippen LogP contribution in [0, 0.1) is 11.7 Å². The molecule has 0 bridgehead atoms. The summed E-state index contributed by atoms with van der Waals surface area (Å²) in [4.78, 5) is 43.8. The highest BCUT2D eigenvalue weighted by Gasteiger charge is 2.45. The molecule has 2 aromatic rings. The zero-order valence-electron chi connectivity index (χ0n) is 21.2. The van der Waals surface area contributed by atoms with Crippen LogP contribution >= 0.6 is 0 Å². The first-order chi connectivity index (χ1) is 17.3. The molecule has 0 saturated carbocycles. The molecule has 0 aromatic heterocycles. The van der Waals surface area contributed by atoms with Crippen LogP contribution in [0.1, 0.15) is 55.1 Å². The predicted molar refractivity (Wildman–Crippen MR) is 136 cm³/mol. The van der Waals surface area contributed by atoms with Gasteiger partial charge in [-0.05, 0) is 49.2 Å². The standard InChI is InChI=1S/C28H34FN3O4/c1-4-5-12-32-26(34)18-23(27(32)20-6-9-22(36-3)10-7-20)28(35)31-15-13-30(14-16-31)25-11-8-21(19(2)33)17-24(25)29/h6-11,17,23,27H,4-5,12-16,18H2,1-3H3. The third kappa shape index (κ3) is 5.22. The van der Waals surface area contributed by atoms with E-state index in [0.29, 0.717) is 44.0 Å². The third-order valence-electron chi connectivity index (χ3n) is 7.25. The van der Waals surface area contributed by atoms with E-state index in [1.165, 1.54) is 13.0 Å². The van der Waals surface area contributed by atoms with Crippen molar-refractivity contribution in [3.63, 3.8) is 0 Å². The first-order valence-corrected chi connectivity index (χ1v) is 12.6. The second-order valence-electron chi connectivity index (χ2n) is 9.50. The molecular formula is C28H34FN3O4. The molecule has 0 N–H and O–H groups in total. The average Bonchev–Trinajstić information content (AvgIpc) is 3.22. The van der Waals surface area contributed by atoms with Crippen LogP contribution in [0.25, 0.3) is 0 Å². The van der Waals surface area contributed by atoms with E-state index in [-0.39, 0.29) is 30.1 Å². The Hall–Kier alpha value is -3.42. The lowest BCUT2D eigenvalue weighted by Crippen LogP contribution is -2.51.